The lowest BCUT2D eigenvalue weighted by Gasteiger charge is -2.21. The fourth-order valence-corrected chi connectivity index (χ4v) is 7.90. The number of unbranched alkanes of at least 4 members (excludes halogenated alkanes) is 32. The molecule has 0 spiro atoms. The number of rotatable bonds is 48. The molecular formula is C56H103NO4. The van der Waals surface area contributed by atoms with Crippen molar-refractivity contribution in [1.82, 2.24) is 5.32 Å². The van der Waals surface area contributed by atoms with Gasteiger partial charge in [-0.2, -0.15) is 0 Å². The van der Waals surface area contributed by atoms with Crippen molar-refractivity contribution in [1.29, 1.82) is 0 Å². The first-order valence-corrected chi connectivity index (χ1v) is 26.6. The number of carbonyl (C=O) groups excluding carboxylic acids is 1. The normalized spacial score (nSPS) is 13.9. The predicted octanol–water partition coefficient (Wildman–Crippen LogP) is 16.2. The molecule has 356 valence electrons. The first-order valence-electron chi connectivity index (χ1n) is 26.6. The molecular weight excluding hydrogens is 751 g/mol. The molecule has 0 aromatic heterocycles. The maximum Gasteiger partial charge on any atom is 0.249 e. The standard InChI is InChI=1S/C56H103NO4/c1-3-5-7-9-11-13-15-17-19-21-23-24-25-26-27-28-29-30-31-33-35-37-39-41-43-45-47-49-51-55(60)56(61)57-53(52-58)54(59)50-48-46-44-42-40-38-36-34-32-22-20-18-16-14-12-10-8-6-4-2/h23-24,26-27,32,34,40,42,48,50,53-55,58-60H,3-22,25,28-31,33,35-39,41,43-47,49,51-52H2,1-2H3,(H,57,61)/b24-23-,27-26-,34-32+,42-40+,50-48+. The Bertz CT molecular complexity index is 1030. The molecule has 3 unspecified atom stereocenters. The zero-order chi connectivity index (χ0) is 44.4. The molecule has 61 heavy (non-hydrogen) atoms. The van der Waals surface area contributed by atoms with Gasteiger partial charge in [-0.25, -0.2) is 0 Å². The molecule has 0 aromatic rings. The molecule has 0 saturated heterocycles. The van der Waals surface area contributed by atoms with Crippen LogP contribution in [0.3, 0.4) is 0 Å². The van der Waals surface area contributed by atoms with E-state index in [0.717, 1.165) is 51.4 Å². The van der Waals surface area contributed by atoms with E-state index in [1.54, 1.807) is 6.08 Å². The predicted molar refractivity (Wildman–Crippen MR) is 268 cm³/mol. The smallest absolute Gasteiger partial charge is 0.249 e. The van der Waals surface area contributed by atoms with Crippen LogP contribution < -0.4 is 5.32 Å². The van der Waals surface area contributed by atoms with Crippen LogP contribution in [0.5, 0.6) is 0 Å². The van der Waals surface area contributed by atoms with Gasteiger partial charge in [0.2, 0.25) is 5.91 Å². The van der Waals surface area contributed by atoms with Gasteiger partial charge in [-0.3, -0.25) is 4.79 Å². The molecule has 0 aliphatic heterocycles. The van der Waals surface area contributed by atoms with Crippen LogP contribution in [0, 0.1) is 0 Å². The topological polar surface area (TPSA) is 89.8 Å². The van der Waals surface area contributed by atoms with E-state index in [0.29, 0.717) is 6.42 Å². The summed E-state index contributed by atoms with van der Waals surface area (Å²) in [7, 11) is 0. The third-order valence-electron chi connectivity index (χ3n) is 12.1. The van der Waals surface area contributed by atoms with E-state index in [1.807, 2.05) is 6.08 Å². The summed E-state index contributed by atoms with van der Waals surface area (Å²) in [4.78, 5) is 12.5. The Morgan fingerprint density at radius 2 is 0.721 bits per heavy atom. The average Bonchev–Trinajstić information content (AvgIpc) is 3.26. The third kappa shape index (κ3) is 45.9. The second-order valence-corrected chi connectivity index (χ2v) is 18.1. The number of amides is 1. The number of nitrogens with one attached hydrogen (secondary N) is 1. The molecule has 5 heteroatoms. The highest BCUT2D eigenvalue weighted by Crippen LogP contribution is 2.15. The highest BCUT2D eigenvalue weighted by Gasteiger charge is 2.22. The van der Waals surface area contributed by atoms with Crippen LogP contribution in [-0.2, 0) is 4.79 Å². The van der Waals surface area contributed by atoms with Crippen molar-refractivity contribution in [3.8, 4) is 0 Å². The van der Waals surface area contributed by atoms with E-state index in [2.05, 4.69) is 67.8 Å². The van der Waals surface area contributed by atoms with Gasteiger partial charge in [-0.15, -0.1) is 0 Å². The second kappa shape index (κ2) is 50.7. The van der Waals surface area contributed by atoms with Crippen molar-refractivity contribution in [3.05, 3.63) is 60.8 Å². The van der Waals surface area contributed by atoms with E-state index < -0.39 is 24.2 Å². The van der Waals surface area contributed by atoms with Gasteiger partial charge in [0.15, 0.2) is 0 Å². The van der Waals surface area contributed by atoms with Crippen molar-refractivity contribution in [2.24, 2.45) is 0 Å². The van der Waals surface area contributed by atoms with Gasteiger partial charge >= 0.3 is 0 Å². The maximum absolute atomic E-state index is 12.5. The lowest BCUT2D eigenvalue weighted by atomic mass is 10.0. The van der Waals surface area contributed by atoms with Crippen LogP contribution in [-0.4, -0.2) is 46.1 Å². The minimum absolute atomic E-state index is 0.383. The number of aliphatic hydroxyl groups excluding tert-OH is 3. The van der Waals surface area contributed by atoms with Crippen molar-refractivity contribution < 1.29 is 20.1 Å². The van der Waals surface area contributed by atoms with Crippen LogP contribution in [0.1, 0.15) is 264 Å². The first-order chi connectivity index (χ1) is 30.1. The van der Waals surface area contributed by atoms with Crippen LogP contribution in [0.2, 0.25) is 0 Å². The number of carbonyl (C=O) groups is 1. The summed E-state index contributed by atoms with van der Waals surface area (Å²) in [6.45, 7) is 4.18. The summed E-state index contributed by atoms with van der Waals surface area (Å²) in [6, 6.07) is -0.824. The third-order valence-corrected chi connectivity index (χ3v) is 12.1. The monoisotopic (exact) mass is 854 g/mol. The zero-order valence-corrected chi connectivity index (χ0v) is 40.5. The highest BCUT2D eigenvalue weighted by atomic mass is 16.3. The molecule has 0 aliphatic carbocycles. The zero-order valence-electron chi connectivity index (χ0n) is 40.5. The summed E-state index contributed by atoms with van der Waals surface area (Å²) in [5, 5.41) is 33.3. The Morgan fingerprint density at radius 1 is 0.410 bits per heavy atom. The molecule has 1 amide bonds. The van der Waals surface area contributed by atoms with E-state index in [1.165, 1.54) is 193 Å². The van der Waals surface area contributed by atoms with Gasteiger partial charge in [-0.05, 0) is 77.0 Å². The largest absolute Gasteiger partial charge is 0.394 e. The Hall–Kier alpha value is -1.95. The minimum Gasteiger partial charge on any atom is -0.394 e. The van der Waals surface area contributed by atoms with Gasteiger partial charge in [0.05, 0.1) is 18.8 Å². The fraction of sp³-hybridized carbons (Fsp3) is 0.804. The van der Waals surface area contributed by atoms with E-state index >= 15 is 0 Å². The second-order valence-electron chi connectivity index (χ2n) is 18.1. The first kappa shape index (κ1) is 59.0. The molecule has 3 atom stereocenters. The molecule has 4 N–H and O–H groups in total. The lowest BCUT2D eigenvalue weighted by molar-refractivity contribution is -0.131. The summed E-state index contributed by atoms with van der Waals surface area (Å²) in [5.74, 6) is -0.518. The summed E-state index contributed by atoms with van der Waals surface area (Å²) >= 11 is 0. The van der Waals surface area contributed by atoms with E-state index in [9.17, 15) is 20.1 Å². The lowest BCUT2D eigenvalue weighted by Crippen LogP contribution is -2.48. The molecule has 0 bridgehead atoms. The van der Waals surface area contributed by atoms with Gasteiger partial charge in [0, 0.05) is 0 Å². The van der Waals surface area contributed by atoms with E-state index in [-0.39, 0.29) is 6.61 Å². The van der Waals surface area contributed by atoms with Crippen molar-refractivity contribution in [2.45, 2.75) is 283 Å². The fourth-order valence-electron chi connectivity index (χ4n) is 7.90. The minimum atomic E-state index is -1.11. The van der Waals surface area contributed by atoms with Crippen molar-refractivity contribution >= 4 is 5.91 Å². The van der Waals surface area contributed by atoms with Gasteiger partial charge in [0.1, 0.15) is 6.10 Å². The highest BCUT2D eigenvalue weighted by molar-refractivity contribution is 5.80. The van der Waals surface area contributed by atoms with Crippen LogP contribution in [0.15, 0.2) is 60.8 Å². The van der Waals surface area contributed by atoms with Crippen LogP contribution >= 0.6 is 0 Å². The van der Waals surface area contributed by atoms with Crippen LogP contribution in [0.25, 0.3) is 0 Å². The SMILES string of the molecule is CCCCCCCCCCC/C=C\C/C=C\CCCCCCCCCCCCCCC(O)C(=O)NC(CO)C(O)/C=C/CC/C=C/CC/C=C/CCCCCCCCCCC. The molecule has 5 nitrogen and oxygen atoms in total. The summed E-state index contributed by atoms with van der Waals surface area (Å²) in [5.41, 5.74) is 0. The maximum atomic E-state index is 12.5. The Morgan fingerprint density at radius 3 is 1.10 bits per heavy atom. The van der Waals surface area contributed by atoms with E-state index in [4.69, 9.17) is 0 Å². The average molecular weight is 854 g/mol. The summed E-state index contributed by atoms with van der Waals surface area (Å²) < 4.78 is 0. The number of allylic oxidation sites excluding steroid dienone is 9. The molecule has 0 aliphatic rings. The molecule has 0 saturated carbocycles. The van der Waals surface area contributed by atoms with Gasteiger partial charge < -0.3 is 20.6 Å². The molecule has 0 fully saturated rings. The Labute approximate surface area is 379 Å². The summed E-state index contributed by atoms with van der Waals surface area (Å²) in [6.07, 6.45) is 68.5. The Kier molecular flexibility index (Phi) is 49.1. The molecule has 0 heterocycles. The molecule has 0 rings (SSSR count). The molecule has 0 radical (unpaired) electrons. The van der Waals surface area contributed by atoms with Crippen LogP contribution in [0.4, 0.5) is 0 Å². The van der Waals surface area contributed by atoms with Gasteiger partial charge in [-0.1, -0.05) is 248 Å². The number of hydrogen-bond acceptors (Lipinski definition) is 4. The van der Waals surface area contributed by atoms with Gasteiger partial charge in [0.25, 0.3) is 0 Å². The number of aliphatic hydroxyl groups is 3. The molecule has 0 aromatic carbocycles. The number of hydrogen-bond donors (Lipinski definition) is 4. The van der Waals surface area contributed by atoms with Crippen molar-refractivity contribution in [3.63, 3.8) is 0 Å². The van der Waals surface area contributed by atoms with Crippen molar-refractivity contribution in [2.75, 3.05) is 6.61 Å². The Balaban J connectivity index is 3.66. The quantitative estimate of drug-likeness (QED) is 0.0363.